The van der Waals surface area contributed by atoms with E-state index in [0.717, 1.165) is 12.8 Å². The monoisotopic (exact) mass is 286 g/mol. The molecule has 0 atom stereocenters. The Hall–Kier alpha value is -2.49. The van der Waals surface area contributed by atoms with Gasteiger partial charge in [-0.25, -0.2) is 4.79 Å². The van der Waals surface area contributed by atoms with Crippen LogP contribution >= 0.6 is 0 Å². The molecule has 0 aliphatic heterocycles. The average molecular weight is 286 g/mol. The van der Waals surface area contributed by atoms with Crippen LogP contribution in [0.15, 0.2) is 48.5 Å². The topological polar surface area (TPSA) is 55.8 Å². The third-order valence-corrected chi connectivity index (χ3v) is 3.10. The highest BCUT2D eigenvalue weighted by molar-refractivity contribution is 5.92. The second-order valence-electron chi connectivity index (χ2n) is 4.61. The van der Waals surface area contributed by atoms with E-state index >= 15 is 0 Å². The lowest BCUT2D eigenvalue weighted by Crippen LogP contribution is -2.03. The van der Waals surface area contributed by atoms with E-state index in [1.165, 1.54) is 24.8 Å². The van der Waals surface area contributed by atoms with Gasteiger partial charge in [0.15, 0.2) is 0 Å². The van der Waals surface area contributed by atoms with Crippen LogP contribution in [0.2, 0.25) is 0 Å². The van der Waals surface area contributed by atoms with Crippen molar-refractivity contribution in [3.63, 3.8) is 0 Å². The van der Waals surface area contributed by atoms with Crippen molar-refractivity contribution in [2.24, 2.45) is 0 Å². The Morgan fingerprint density at radius 3 is 2.57 bits per heavy atom. The minimum absolute atomic E-state index is 0.133. The van der Waals surface area contributed by atoms with E-state index in [-0.39, 0.29) is 11.3 Å². The average Bonchev–Trinajstić information content (AvgIpc) is 2.52. The number of phenols is 1. The summed E-state index contributed by atoms with van der Waals surface area (Å²) in [6.45, 7) is 0.548. The fourth-order valence-corrected chi connectivity index (χ4v) is 1.99. The number of benzene rings is 2. The first kappa shape index (κ1) is 14.9. The number of aromatic hydroxyl groups is 1. The summed E-state index contributed by atoms with van der Waals surface area (Å²) in [6.07, 6.45) is 1.82. The van der Waals surface area contributed by atoms with E-state index in [1.807, 2.05) is 18.2 Å². The van der Waals surface area contributed by atoms with Crippen LogP contribution in [0.4, 0.5) is 0 Å². The molecule has 0 saturated carbocycles. The third-order valence-electron chi connectivity index (χ3n) is 3.10. The number of methoxy groups -OCH3 is 1. The summed E-state index contributed by atoms with van der Waals surface area (Å²) in [6, 6.07) is 14.7. The second kappa shape index (κ2) is 7.33. The number of hydrogen-bond acceptors (Lipinski definition) is 4. The van der Waals surface area contributed by atoms with Gasteiger partial charge in [-0.15, -0.1) is 0 Å². The SMILES string of the molecule is COC(=O)c1ccc(OCCCc2ccccc2)cc1O. The molecule has 2 aromatic carbocycles. The van der Waals surface area contributed by atoms with Crippen LogP contribution in [-0.2, 0) is 11.2 Å². The Balaban J connectivity index is 1.84. The van der Waals surface area contributed by atoms with Crippen molar-refractivity contribution in [1.82, 2.24) is 0 Å². The Bertz CT molecular complexity index is 593. The molecular weight excluding hydrogens is 268 g/mol. The molecule has 0 bridgehead atoms. The van der Waals surface area contributed by atoms with Gasteiger partial charge in [0, 0.05) is 6.07 Å². The third kappa shape index (κ3) is 4.24. The van der Waals surface area contributed by atoms with Crippen LogP contribution in [0.25, 0.3) is 0 Å². The van der Waals surface area contributed by atoms with Crippen LogP contribution in [0.5, 0.6) is 11.5 Å². The molecule has 2 aromatic rings. The normalized spacial score (nSPS) is 10.1. The molecule has 0 saturated heterocycles. The van der Waals surface area contributed by atoms with E-state index in [0.29, 0.717) is 12.4 Å². The van der Waals surface area contributed by atoms with Gasteiger partial charge in [-0.3, -0.25) is 0 Å². The van der Waals surface area contributed by atoms with Gasteiger partial charge in [0.25, 0.3) is 0 Å². The summed E-state index contributed by atoms with van der Waals surface area (Å²) < 4.78 is 10.1. The lowest BCUT2D eigenvalue weighted by atomic mass is 10.1. The van der Waals surface area contributed by atoms with E-state index < -0.39 is 5.97 Å². The fourth-order valence-electron chi connectivity index (χ4n) is 1.99. The predicted octanol–water partition coefficient (Wildman–Crippen LogP) is 3.19. The number of esters is 1. The molecule has 1 N–H and O–H groups in total. The van der Waals surface area contributed by atoms with Gasteiger partial charge in [-0.05, 0) is 30.5 Å². The van der Waals surface area contributed by atoms with Crippen molar-refractivity contribution in [2.45, 2.75) is 12.8 Å². The number of aryl methyl sites for hydroxylation is 1. The first-order valence-corrected chi connectivity index (χ1v) is 6.79. The Morgan fingerprint density at radius 1 is 1.14 bits per heavy atom. The second-order valence-corrected chi connectivity index (χ2v) is 4.61. The van der Waals surface area contributed by atoms with Crippen molar-refractivity contribution < 1.29 is 19.4 Å². The largest absolute Gasteiger partial charge is 0.507 e. The van der Waals surface area contributed by atoms with E-state index in [1.54, 1.807) is 6.07 Å². The Labute approximate surface area is 123 Å². The van der Waals surface area contributed by atoms with Crippen molar-refractivity contribution in [2.75, 3.05) is 13.7 Å². The standard InChI is InChI=1S/C17H18O4/c1-20-17(19)15-10-9-14(12-16(15)18)21-11-5-8-13-6-3-2-4-7-13/h2-4,6-7,9-10,12,18H,5,8,11H2,1H3. The quantitative estimate of drug-likeness (QED) is 0.654. The zero-order valence-electron chi connectivity index (χ0n) is 11.9. The number of carbonyl (C=O) groups excluding carboxylic acids is 1. The first-order valence-electron chi connectivity index (χ1n) is 6.79. The molecule has 0 aromatic heterocycles. The summed E-state index contributed by atoms with van der Waals surface area (Å²) >= 11 is 0. The molecule has 0 heterocycles. The molecule has 110 valence electrons. The zero-order valence-corrected chi connectivity index (χ0v) is 11.9. The number of carbonyl (C=O) groups is 1. The van der Waals surface area contributed by atoms with Crippen LogP contribution in [0.3, 0.4) is 0 Å². The molecule has 21 heavy (non-hydrogen) atoms. The molecule has 0 aliphatic carbocycles. The lowest BCUT2D eigenvalue weighted by molar-refractivity contribution is 0.0597. The van der Waals surface area contributed by atoms with E-state index in [2.05, 4.69) is 16.9 Å². The highest BCUT2D eigenvalue weighted by Crippen LogP contribution is 2.24. The molecule has 2 rings (SSSR count). The van der Waals surface area contributed by atoms with E-state index in [9.17, 15) is 9.90 Å². The smallest absolute Gasteiger partial charge is 0.341 e. The van der Waals surface area contributed by atoms with Gasteiger partial charge >= 0.3 is 5.97 Å². The van der Waals surface area contributed by atoms with Crippen LogP contribution in [0.1, 0.15) is 22.3 Å². The van der Waals surface area contributed by atoms with Crippen LogP contribution < -0.4 is 4.74 Å². The van der Waals surface area contributed by atoms with Crippen LogP contribution in [0, 0.1) is 0 Å². The molecule has 4 heteroatoms. The molecule has 4 nitrogen and oxygen atoms in total. The Kier molecular flexibility index (Phi) is 5.21. The Morgan fingerprint density at radius 2 is 1.90 bits per heavy atom. The maximum absolute atomic E-state index is 11.3. The van der Waals surface area contributed by atoms with Crippen molar-refractivity contribution >= 4 is 5.97 Å². The molecule has 0 aliphatic rings. The highest BCUT2D eigenvalue weighted by Gasteiger charge is 2.11. The minimum atomic E-state index is -0.567. The van der Waals surface area contributed by atoms with Gasteiger partial charge in [-0.1, -0.05) is 30.3 Å². The summed E-state index contributed by atoms with van der Waals surface area (Å²) in [5.74, 6) is -0.168. The molecule has 0 fully saturated rings. The maximum Gasteiger partial charge on any atom is 0.341 e. The van der Waals surface area contributed by atoms with Crippen molar-refractivity contribution in [1.29, 1.82) is 0 Å². The minimum Gasteiger partial charge on any atom is -0.507 e. The van der Waals surface area contributed by atoms with Gasteiger partial charge < -0.3 is 14.6 Å². The summed E-state index contributed by atoms with van der Waals surface area (Å²) in [5, 5.41) is 9.75. The van der Waals surface area contributed by atoms with Gasteiger partial charge in [0.2, 0.25) is 0 Å². The van der Waals surface area contributed by atoms with Crippen LogP contribution in [-0.4, -0.2) is 24.8 Å². The predicted molar refractivity (Wildman–Crippen MR) is 79.7 cm³/mol. The van der Waals surface area contributed by atoms with Crippen molar-refractivity contribution in [3.05, 3.63) is 59.7 Å². The number of ether oxygens (including phenoxy) is 2. The summed E-state index contributed by atoms with van der Waals surface area (Å²) in [7, 11) is 1.27. The first-order chi connectivity index (χ1) is 10.2. The van der Waals surface area contributed by atoms with E-state index in [4.69, 9.17) is 4.74 Å². The van der Waals surface area contributed by atoms with Crippen molar-refractivity contribution in [3.8, 4) is 11.5 Å². The summed E-state index contributed by atoms with van der Waals surface area (Å²) in [4.78, 5) is 11.3. The van der Waals surface area contributed by atoms with Gasteiger partial charge in [-0.2, -0.15) is 0 Å². The summed E-state index contributed by atoms with van der Waals surface area (Å²) in [5.41, 5.74) is 1.40. The molecular formula is C17H18O4. The van der Waals surface area contributed by atoms with Gasteiger partial charge in [0.1, 0.15) is 17.1 Å². The molecule has 0 unspecified atom stereocenters. The number of phenolic OH excluding ortho intramolecular Hbond substituents is 1. The molecule has 0 spiro atoms. The fraction of sp³-hybridized carbons (Fsp3) is 0.235. The number of rotatable bonds is 6. The lowest BCUT2D eigenvalue weighted by Gasteiger charge is -2.08. The zero-order chi connectivity index (χ0) is 15.1. The maximum atomic E-state index is 11.3. The molecule has 0 amide bonds. The van der Waals surface area contributed by atoms with Gasteiger partial charge in [0.05, 0.1) is 13.7 Å². The molecule has 0 radical (unpaired) electrons. The number of hydrogen-bond donors (Lipinski definition) is 1. The highest BCUT2D eigenvalue weighted by atomic mass is 16.5.